The molecule has 34 heavy (non-hydrogen) atoms. The number of pyridine rings is 1. The number of hydroxylamine groups is 1. The second-order valence-electron chi connectivity index (χ2n) is 8.60. The van der Waals surface area contributed by atoms with E-state index in [1.165, 1.54) is 0 Å². The van der Waals surface area contributed by atoms with Gasteiger partial charge in [0.25, 0.3) is 5.91 Å². The molecule has 10 heteroatoms. The third-order valence-corrected chi connectivity index (χ3v) is 7.73. The monoisotopic (exact) mass is 485 g/mol. The standard InChI is InChI=1S/C24H27N3O6S/c1-16-12-18(20-4-2-3-5-21(20)25-16)14-33-19-8-6-17(7-9-19)23(29)26-24(13-22(28)27-30)10-11-34(31,32)15-24/h2-9,12,30-32H,10-11,13-15H2,1H3,(H,26,29)(H,27,28). The topological polar surface area (TPSA) is 141 Å². The van der Waals surface area contributed by atoms with Crippen LogP contribution in [0.5, 0.6) is 5.75 Å². The molecule has 180 valence electrons. The number of carbonyl (C=O) groups excluding carboxylic acids is 2. The highest BCUT2D eigenvalue weighted by molar-refractivity contribution is 8.24. The summed E-state index contributed by atoms with van der Waals surface area (Å²) in [4.78, 5) is 29.1. The van der Waals surface area contributed by atoms with Crippen molar-refractivity contribution in [3.63, 3.8) is 0 Å². The first kappa shape index (κ1) is 24.0. The molecule has 2 amide bonds. The summed E-state index contributed by atoms with van der Waals surface area (Å²) in [6.45, 7) is 2.27. The number of aromatic nitrogens is 1. The predicted octanol–water partition coefficient (Wildman–Crippen LogP) is 3.64. The minimum Gasteiger partial charge on any atom is -0.489 e. The van der Waals surface area contributed by atoms with Crippen LogP contribution in [-0.4, -0.2) is 48.2 Å². The Kier molecular flexibility index (Phi) is 6.76. The van der Waals surface area contributed by atoms with Gasteiger partial charge < -0.3 is 10.1 Å². The highest BCUT2D eigenvalue weighted by Crippen LogP contribution is 2.51. The van der Waals surface area contributed by atoms with Crippen LogP contribution in [0.25, 0.3) is 10.9 Å². The zero-order valence-electron chi connectivity index (χ0n) is 18.7. The third kappa shape index (κ3) is 5.48. The van der Waals surface area contributed by atoms with Crippen molar-refractivity contribution >= 4 is 33.3 Å². The maximum atomic E-state index is 12.9. The minimum atomic E-state index is -2.90. The number of hydrogen-bond donors (Lipinski definition) is 5. The van der Waals surface area contributed by atoms with Crippen molar-refractivity contribution in [3.8, 4) is 5.75 Å². The van der Waals surface area contributed by atoms with E-state index in [1.54, 1.807) is 29.7 Å². The molecule has 3 aromatic rings. The van der Waals surface area contributed by atoms with Gasteiger partial charge in [0.15, 0.2) is 0 Å². The van der Waals surface area contributed by atoms with E-state index in [0.717, 1.165) is 22.2 Å². The van der Waals surface area contributed by atoms with E-state index in [0.29, 0.717) is 17.9 Å². The number of aryl methyl sites for hydroxylation is 1. The molecule has 0 bridgehead atoms. The Hall–Kier alpha value is -3.18. The highest BCUT2D eigenvalue weighted by atomic mass is 32.3. The fraction of sp³-hybridized carbons (Fsp3) is 0.292. The van der Waals surface area contributed by atoms with Gasteiger partial charge in [-0.3, -0.25) is 28.9 Å². The number of amides is 2. The van der Waals surface area contributed by atoms with Crippen LogP contribution >= 0.6 is 10.6 Å². The third-order valence-electron chi connectivity index (χ3n) is 5.86. The molecule has 0 aliphatic carbocycles. The van der Waals surface area contributed by atoms with Crippen LogP contribution in [-0.2, 0) is 11.4 Å². The van der Waals surface area contributed by atoms with Crippen molar-refractivity contribution in [1.29, 1.82) is 0 Å². The largest absolute Gasteiger partial charge is 0.489 e. The molecule has 9 nitrogen and oxygen atoms in total. The van der Waals surface area contributed by atoms with Crippen LogP contribution < -0.4 is 15.5 Å². The molecule has 5 N–H and O–H groups in total. The molecule has 1 aliphatic rings. The van der Waals surface area contributed by atoms with Gasteiger partial charge in [0.1, 0.15) is 12.4 Å². The smallest absolute Gasteiger partial charge is 0.251 e. The van der Waals surface area contributed by atoms with E-state index >= 15 is 0 Å². The summed E-state index contributed by atoms with van der Waals surface area (Å²) in [5.41, 5.74) is 3.55. The lowest BCUT2D eigenvalue weighted by Gasteiger charge is -2.33. The SMILES string of the molecule is Cc1cc(COc2ccc(C(=O)NC3(CC(=O)NO)CCS(O)(O)C3)cc2)c2ccccc2n1. The molecule has 1 aromatic heterocycles. The average molecular weight is 486 g/mol. The van der Waals surface area contributed by atoms with E-state index in [1.807, 2.05) is 37.3 Å². The summed E-state index contributed by atoms with van der Waals surface area (Å²) in [6, 6.07) is 16.4. The number of carbonyl (C=O) groups is 2. The quantitative estimate of drug-likeness (QED) is 0.254. The first-order chi connectivity index (χ1) is 16.2. The van der Waals surface area contributed by atoms with Gasteiger partial charge in [0.05, 0.1) is 23.2 Å². The number of fused-ring (bicyclic) bond motifs is 1. The van der Waals surface area contributed by atoms with E-state index in [-0.39, 0.29) is 24.3 Å². The Labute approximate surface area is 198 Å². The molecule has 2 aromatic carbocycles. The molecule has 2 heterocycles. The predicted molar refractivity (Wildman–Crippen MR) is 129 cm³/mol. The average Bonchev–Trinajstić information content (AvgIpc) is 3.11. The summed E-state index contributed by atoms with van der Waals surface area (Å²) >= 11 is 0. The molecular formula is C24H27N3O6S. The van der Waals surface area contributed by atoms with Gasteiger partial charge in [-0.1, -0.05) is 18.2 Å². The fourth-order valence-corrected chi connectivity index (χ4v) is 6.33. The van der Waals surface area contributed by atoms with Crippen LogP contribution in [0.2, 0.25) is 0 Å². The van der Waals surface area contributed by atoms with Crippen molar-refractivity contribution in [1.82, 2.24) is 15.8 Å². The van der Waals surface area contributed by atoms with E-state index in [9.17, 15) is 18.7 Å². The first-order valence-electron chi connectivity index (χ1n) is 10.8. The van der Waals surface area contributed by atoms with Gasteiger partial charge >= 0.3 is 0 Å². The molecule has 1 aliphatic heterocycles. The van der Waals surface area contributed by atoms with Gasteiger partial charge in [-0.05, 0) is 49.7 Å². The zero-order valence-corrected chi connectivity index (χ0v) is 19.5. The maximum Gasteiger partial charge on any atom is 0.251 e. The number of benzene rings is 2. The van der Waals surface area contributed by atoms with Crippen molar-refractivity contribution in [3.05, 3.63) is 71.4 Å². The zero-order chi connectivity index (χ0) is 24.3. The molecule has 0 saturated carbocycles. The number of nitrogens with zero attached hydrogens (tertiary/aromatic N) is 1. The summed E-state index contributed by atoms with van der Waals surface area (Å²) in [5, 5.41) is 12.7. The van der Waals surface area contributed by atoms with Crippen LogP contribution in [0.15, 0.2) is 54.6 Å². The molecule has 0 radical (unpaired) electrons. The minimum absolute atomic E-state index is 0.0852. The summed E-state index contributed by atoms with van der Waals surface area (Å²) in [5.74, 6) is -0.633. The Morgan fingerprint density at radius 3 is 2.56 bits per heavy atom. The number of para-hydroxylation sites is 1. The molecule has 4 rings (SSSR count). The van der Waals surface area contributed by atoms with Gasteiger partial charge in [0.2, 0.25) is 5.91 Å². The van der Waals surface area contributed by atoms with Gasteiger partial charge in [-0.15, -0.1) is 0 Å². The molecule has 1 atom stereocenters. The highest BCUT2D eigenvalue weighted by Gasteiger charge is 2.45. The molecule has 0 spiro atoms. The summed E-state index contributed by atoms with van der Waals surface area (Å²) in [6.07, 6.45) is -0.0411. The normalized spacial score (nSPS) is 20.0. The van der Waals surface area contributed by atoms with Crippen molar-refractivity contribution in [2.24, 2.45) is 0 Å². The molecule has 1 saturated heterocycles. The summed E-state index contributed by atoms with van der Waals surface area (Å²) < 4.78 is 26.0. The van der Waals surface area contributed by atoms with E-state index in [4.69, 9.17) is 9.94 Å². The van der Waals surface area contributed by atoms with E-state index < -0.39 is 27.9 Å². The number of hydrogen-bond acceptors (Lipinski definition) is 7. The van der Waals surface area contributed by atoms with Crippen molar-refractivity contribution in [2.75, 3.05) is 11.5 Å². The van der Waals surface area contributed by atoms with Gasteiger partial charge in [-0.2, -0.15) is 10.6 Å². The number of nitrogens with one attached hydrogen (secondary N) is 2. The lowest BCUT2D eigenvalue weighted by molar-refractivity contribution is -0.130. The molecule has 1 unspecified atom stereocenters. The van der Waals surface area contributed by atoms with Crippen molar-refractivity contribution < 1.29 is 28.6 Å². The van der Waals surface area contributed by atoms with Gasteiger partial charge in [0, 0.05) is 28.0 Å². The Morgan fingerprint density at radius 2 is 1.88 bits per heavy atom. The number of rotatable bonds is 7. The van der Waals surface area contributed by atoms with Crippen molar-refractivity contribution in [2.45, 2.75) is 31.9 Å². The second kappa shape index (κ2) is 9.59. The lowest BCUT2D eigenvalue weighted by Crippen LogP contribution is -2.51. The Bertz CT molecular complexity index is 1220. The van der Waals surface area contributed by atoms with E-state index in [2.05, 4.69) is 10.3 Å². The lowest BCUT2D eigenvalue weighted by atomic mass is 9.93. The van der Waals surface area contributed by atoms with Gasteiger partial charge in [-0.25, -0.2) is 5.48 Å². The fourth-order valence-electron chi connectivity index (χ4n) is 4.27. The first-order valence-corrected chi connectivity index (χ1v) is 12.6. The van der Waals surface area contributed by atoms with Crippen LogP contribution in [0, 0.1) is 6.92 Å². The number of ether oxygens (including phenoxy) is 1. The summed E-state index contributed by atoms with van der Waals surface area (Å²) in [7, 11) is -2.90. The Morgan fingerprint density at radius 1 is 1.15 bits per heavy atom. The van der Waals surface area contributed by atoms with Crippen LogP contribution in [0.1, 0.15) is 34.5 Å². The van der Waals surface area contributed by atoms with Crippen LogP contribution in [0.4, 0.5) is 0 Å². The second-order valence-corrected chi connectivity index (χ2v) is 10.9. The molecular weight excluding hydrogens is 458 g/mol. The van der Waals surface area contributed by atoms with Crippen LogP contribution in [0.3, 0.4) is 0 Å². The molecule has 1 fully saturated rings. The maximum absolute atomic E-state index is 12.9. The Balaban J connectivity index is 1.44.